The molecule has 1 heteroatoms. The molecule has 1 aliphatic carbocycles. The van der Waals surface area contributed by atoms with E-state index in [0.29, 0.717) is 11.8 Å². The fourth-order valence-electron chi connectivity index (χ4n) is 4.22. The van der Waals surface area contributed by atoms with Crippen LogP contribution in [0.3, 0.4) is 0 Å². The maximum atomic E-state index is 4.84. The van der Waals surface area contributed by atoms with Crippen molar-refractivity contribution in [2.24, 2.45) is 17.3 Å². The zero-order valence-electron chi connectivity index (χ0n) is 18.2. The van der Waals surface area contributed by atoms with Crippen molar-refractivity contribution in [3.8, 4) is 0 Å². The van der Waals surface area contributed by atoms with Gasteiger partial charge in [-0.15, -0.1) is 0 Å². The van der Waals surface area contributed by atoms with Crippen LogP contribution >= 0.6 is 0 Å². The third-order valence-corrected chi connectivity index (χ3v) is 6.27. The summed E-state index contributed by atoms with van der Waals surface area (Å²) in [5.41, 5.74) is 6.21. The van der Waals surface area contributed by atoms with Gasteiger partial charge >= 0.3 is 0 Å². The van der Waals surface area contributed by atoms with Crippen molar-refractivity contribution in [3.63, 3.8) is 0 Å². The number of fused-ring (bicyclic) bond motifs is 2. The second-order valence-corrected chi connectivity index (χ2v) is 9.32. The first-order valence-electron chi connectivity index (χ1n) is 10.8. The smallest absolute Gasteiger partial charge is 0.0777 e. The molecule has 0 spiro atoms. The summed E-state index contributed by atoms with van der Waals surface area (Å²) < 4.78 is 0. The Balaban J connectivity index is 2.04. The van der Waals surface area contributed by atoms with Crippen molar-refractivity contribution in [1.29, 1.82) is 0 Å². The SMILES string of the molecule is CC(C)Cc1cc(C2=CC(C)(C(C)C)C=Cc3cccnc32)c2ccccc2c1. The van der Waals surface area contributed by atoms with Crippen LogP contribution in [0.15, 0.2) is 66.9 Å². The monoisotopic (exact) mass is 381 g/mol. The third-order valence-electron chi connectivity index (χ3n) is 6.27. The zero-order valence-corrected chi connectivity index (χ0v) is 18.2. The molecule has 1 unspecified atom stereocenters. The number of hydrogen-bond donors (Lipinski definition) is 0. The summed E-state index contributed by atoms with van der Waals surface area (Å²) in [6.45, 7) is 11.5. The van der Waals surface area contributed by atoms with E-state index in [1.807, 2.05) is 12.3 Å². The van der Waals surface area contributed by atoms with E-state index in [-0.39, 0.29) is 5.41 Å². The number of pyridine rings is 1. The Morgan fingerprint density at radius 2 is 1.76 bits per heavy atom. The quantitative estimate of drug-likeness (QED) is 0.454. The third kappa shape index (κ3) is 3.79. The topological polar surface area (TPSA) is 12.9 Å². The molecule has 2 aromatic carbocycles. The van der Waals surface area contributed by atoms with Crippen molar-refractivity contribution < 1.29 is 0 Å². The molecule has 4 rings (SSSR count). The molecule has 29 heavy (non-hydrogen) atoms. The second kappa shape index (κ2) is 7.63. The molecule has 1 nitrogen and oxygen atoms in total. The largest absolute Gasteiger partial charge is 0.256 e. The van der Waals surface area contributed by atoms with Crippen LogP contribution in [0.2, 0.25) is 0 Å². The van der Waals surface area contributed by atoms with Gasteiger partial charge in [-0.3, -0.25) is 4.98 Å². The number of aromatic nitrogens is 1. The minimum Gasteiger partial charge on any atom is -0.256 e. The number of allylic oxidation sites excluding steroid dienone is 2. The van der Waals surface area contributed by atoms with Crippen molar-refractivity contribution in [3.05, 3.63) is 89.3 Å². The number of hydrogen-bond acceptors (Lipinski definition) is 1. The number of rotatable bonds is 4. The average molecular weight is 382 g/mol. The van der Waals surface area contributed by atoms with Crippen LogP contribution in [0.1, 0.15) is 57.0 Å². The molecule has 148 valence electrons. The highest BCUT2D eigenvalue weighted by Crippen LogP contribution is 2.41. The van der Waals surface area contributed by atoms with E-state index in [4.69, 9.17) is 4.98 Å². The Bertz CT molecular complexity index is 1100. The van der Waals surface area contributed by atoms with Crippen LogP contribution < -0.4 is 0 Å². The average Bonchev–Trinajstić information content (AvgIpc) is 2.85. The number of nitrogens with zero attached hydrogens (tertiary/aromatic N) is 1. The van der Waals surface area contributed by atoms with E-state index in [0.717, 1.165) is 12.1 Å². The predicted octanol–water partition coefficient (Wildman–Crippen LogP) is 7.55. The van der Waals surface area contributed by atoms with E-state index < -0.39 is 0 Å². The van der Waals surface area contributed by atoms with Crippen LogP contribution in [0, 0.1) is 17.3 Å². The van der Waals surface area contributed by atoms with E-state index in [1.54, 1.807) is 0 Å². The summed E-state index contributed by atoms with van der Waals surface area (Å²) in [6.07, 6.45) is 10.1. The van der Waals surface area contributed by atoms with Gasteiger partial charge in [0.05, 0.1) is 5.69 Å². The zero-order chi connectivity index (χ0) is 20.6. The molecule has 0 N–H and O–H groups in total. The van der Waals surface area contributed by atoms with Gasteiger partial charge in [-0.1, -0.05) is 95.3 Å². The molecule has 0 radical (unpaired) electrons. The molecule has 3 aromatic rings. The Labute approximate surface area is 175 Å². The summed E-state index contributed by atoms with van der Waals surface area (Å²) in [4.78, 5) is 4.84. The summed E-state index contributed by atoms with van der Waals surface area (Å²) in [5.74, 6) is 1.12. The molecule has 0 bridgehead atoms. The maximum absolute atomic E-state index is 4.84. The van der Waals surface area contributed by atoms with Gasteiger partial charge < -0.3 is 0 Å². The van der Waals surface area contributed by atoms with E-state index >= 15 is 0 Å². The normalized spacial score (nSPS) is 18.8. The molecule has 1 aliphatic rings. The van der Waals surface area contributed by atoms with E-state index in [9.17, 15) is 0 Å². The Morgan fingerprint density at radius 3 is 2.52 bits per heavy atom. The maximum Gasteiger partial charge on any atom is 0.0777 e. The van der Waals surface area contributed by atoms with Crippen molar-refractivity contribution in [1.82, 2.24) is 4.98 Å². The van der Waals surface area contributed by atoms with Crippen LogP contribution in [-0.2, 0) is 6.42 Å². The summed E-state index contributed by atoms with van der Waals surface area (Å²) in [6, 6.07) is 17.7. The molecule has 0 amide bonds. The standard InChI is InChI=1S/C28H31N/c1-19(2)15-21-16-23-9-6-7-11-24(23)25(17-21)26-18-28(5,20(3)4)13-12-22-10-8-14-29-27(22)26/h6-14,16-20H,15H2,1-5H3. The fourth-order valence-corrected chi connectivity index (χ4v) is 4.22. The molecule has 0 fully saturated rings. The molecular formula is C28H31N. The Morgan fingerprint density at radius 1 is 0.966 bits per heavy atom. The highest BCUT2D eigenvalue weighted by Gasteiger charge is 2.28. The summed E-state index contributed by atoms with van der Waals surface area (Å²) in [7, 11) is 0. The minimum atomic E-state index is -0.0226. The lowest BCUT2D eigenvalue weighted by molar-refractivity contribution is 0.386. The molecular weight excluding hydrogens is 350 g/mol. The van der Waals surface area contributed by atoms with Gasteiger partial charge in [0, 0.05) is 22.7 Å². The van der Waals surface area contributed by atoms with E-state index in [1.165, 1.54) is 33.0 Å². The van der Waals surface area contributed by atoms with Gasteiger partial charge in [-0.2, -0.15) is 0 Å². The Hall–Kier alpha value is -2.67. The lowest BCUT2D eigenvalue weighted by Gasteiger charge is -2.27. The first kappa shape index (κ1) is 19.6. The minimum absolute atomic E-state index is 0.0226. The summed E-state index contributed by atoms with van der Waals surface area (Å²) in [5, 5.41) is 2.61. The van der Waals surface area contributed by atoms with E-state index in [2.05, 4.69) is 95.3 Å². The molecule has 0 aliphatic heterocycles. The second-order valence-electron chi connectivity index (χ2n) is 9.32. The van der Waals surface area contributed by atoms with Crippen LogP contribution in [0.4, 0.5) is 0 Å². The summed E-state index contributed by atoms with van der Waals surface area (Å²) >= 11 is 0. The lowest BCUT2D eigenvalue weighted by Crippen LogP contribution is -2.18. The van der Waals surface area contributed by atoms with Gasteiger partial charge in [0.25, 0.3) is 0 Å². The van der Waals surface area contributed by atoms with Crippen molar-refractivity contribution in [2.45, 2.75) is 41.0 Å². The lowest BCUT2D eigenvalue weighted by atomic mass is 9.77. The molecule has 1 atom stereocenters. The van der Waals surface area contributed by atoms with Crippen LogP contribution in [0.25, 0.3) is 22.4 Å². The van der Waals surface area contributed by atoms with Crippen LogP contribution in [-0.4, -0.2) is 4.98 Å². The highest BCUT2D eigenvalue weighted by molar-refractivity contribution is 5.99. The van der Waals surface area contributed by atoms with Gasteiger partial charge in [-0.25, -0.2) is 0 Å². The molecule has 1 aromatic heterocycles. The van der Waals surface area contributed by atoms with Gasteiger partial charge in [0.15, 0.2) is 0 Å². The first-order valence-corrected chi connectivity index (χ1v) is 10.8. The molecule has 0 saturated heterocycles. The van der Waals surface area contributed by atoms with Gasteiger partial charge in [0.1, 0.15) is 0 Å². The van der Waals surface area contributed by atoms with Crippen molar-refractivity contribution >= 4 is 22.4 Å². The van der Waals surface area contributed by atoms with Gasteiger partial charge in [-0.05, 0) is 46.2 Å². The molecule has 1 heterocycles. The number of benzene rings is 2. The highest BCUT2D eigenvalue weighted by atomic mass is 14.7. The predicted molar refractivity (Wildman–Crippen MR) is 126 cm³/mol. The van der Waals surface area contributed by atoms with Crippen LogP contribution in [0.5, 0.6) is 0 Å². The first-order chi connectivity index (χ1) is 13.9. The fraction of sp³-hybridized carbons (Fsp3) is 0.321. The Kier molecular flexibility index (Phi) is 5.17. The van der Waals surface area contributed by atoms with Gasteiger partial charge in [0.2, 0.25) is 0 Å². The van der Waals surface area contributed by atoms with Crippen molar-refractivity contribution in [2.75, 3.05) is 0 Å². The molecule has 0 saturated carbocycles.